The number of carboxylic acid groups (broad SMARTS) is 1. The van der Waals surface area contributed by atoms with E-state index < -0.39 is 34.9 Å². The second kappa shape index (κ2) is 4.21. The van der Waals surface area contributed by atoms with Gasteiger partial charge in [0.05, 0.1) is 0 Å². The summed E-state index contributed by atoms with van der Waals surface area (Å²) in [5.41, 5.74) is -4.30. The van der Waals surface area contributed by atoms with Crippen LogP contribution in [-0.2, 0) is 14.4 Å². The maximum atomic E-state index is 13.0. The van der Waals surface area contributed by atoms with Crippen LogP contribution in [0.1, 0.15) is 33.6 Å². The van der Waals surface area contributed by atoms with E-state index in [1.807, 2.05) is 0 Å². The van der Waals surface area contributed by atoms with Crippen LogP contribution < -0.4 is 0 Å². The van der Waals surface area contributed by atoms with Crippen molar-refractivity contribution in [3.05, 3.63) is 0 Å². The molecule has 1 rings (SSSR count). The van der Waals surface area contributed by atoms with Gasteiger partial charge in [-0.25, -0.2) is 4.79 Å². The van der Waals surface area contributed by atoms with Crippen molar-refractivity contribution in [2.45, 2.75) is 45.3 Å². The molecule has 19 heavy (non-hydrogen) atoms. The molecule has 1 aliphatic rings. The van der Waals surface area contributed by atoms with Gasteiger partial charge in [-0.15, -0.1) is 0 Å². The molecule has 1 heterocycles. The summed E-state index contributed by atoms with van der Waals surface area (Å²) in [6.45, 7) is 3.45. The van der Waals surface area contributed by atoms with E-state index in [1.165, 1.54) is 0 Å². The summed E-state index contributed by atoms with van der Waals surface area (Å²) in [4.78, 5) is 34.3. The Hall–Kier alpha value is -1.60. The zero-order chi connectivity index (χ0) is 15.2. The molecule has 0 aliphatic carbocycles. The minimum absolute atomic E-state index is 0.166. The number of carboxylic acids is 1. The summed E-state index contributed by atoms with van der Waals surface area (Å²) in [7, 11) is 0. The minimum atomic E-state index is -5.24. The number of aliphatic carboxylic acids is 1. The lowest BCUT2D eigenvalue weighted by Crippen LogP contribution is -2.67. The number of hydrogen-bond acceptors (Lipinski definition) is 3. The number of imide groups is 1. The molecule has 108 valence electrons. The maximum Gasteiger partial charge on any atom is 0.422 e. The van der Waals surface area contributed by atoms with Gasteiger partial charge in [0.25, 0.3) is 0 Å². The van der Waals surface area contributed by atoms with Crippen molar-refractivity contribution in [1.82, 2.24) is 4.90 Å². The quantitative estimate of drug-likeness (QED) is 0.779. The molecule has 1 unspecified atom stereocenters. The third-order valence-corrected chi connectivity index (χ3v) is 3.17. The topological polar surface area (TPSA) is 74.7 Å². The summed E-state index contributed by atoms with van der Waals surface area (Å²) in [6, 6.07) is 0. The van der Waals surface area contributed by atoms with E-state index in [9.17, 15) is 27.6 Å². The maximum absolute atomic E-state index is 13.0. The van der Waals surface area contributed by atoms with Gasteiger partial charge in [-0.2, -0.15) is 13.2 Å². The Morgan fingerprint density at radius 1 is 1.21 bits per heavy atom. The van der Waals surface area contributed by atoms with Gasteiger partial charge in [0.2, 0.25) is 17.4 Å². The van der Waals surface area contributed by atoms with E-state index in [4.69, 9.17) is 5.11 Å². The highest BCUT2D eigenvalue weighted by molar-refractivity contribution is 6.03. The first-order chi connectivity index (χ1) is 8.33. The minimum Gasteiger partial charge on any atom is -0.479 e. The predicted molar refractivity (Wildman–Crippen MR) is 57.0 cm³/mol. The van der Waals surface area contributed by atoms with Gasteiger partial charge >= 0.3 is 12.1 Å². The number of halogens is 3. The molecular formula is C11H14F3NO4. The van der Waals surface area contributed by atoms with Gasteiger partial charge in [0.1, 0.15) is 0 Å². The molecule has 1 atom stereocenters. The van der Waals surface area contributed by atoms with Crippen molar-refractivity contribution >= 4 is 17.8 Å². The van der Waals surface area contributed by atoms with Gasteiger partial charge < -0.3 is 5.11 Å². The van der Waals surface area contributed by atoms with Crippen LogP contribution in [0.2, 0.25) is 0 Å². The summed E-state index contributed by atoms with van der Waals surface area (Å²) in [5, 5.41) is 8.82. The molecule has 1 saturated heterocycles. The molecule has 0 aromatic carbocycles. The third-order valence-electron chi connectivity index (χ3n) is 3.17. The SMILES string of the molecule is CC1(C)CC(=O)N(C(C)(C(=O)O)C(F)(F)F)C(=O)C1. The standard InChI is InChI=1S/C11H14F3NO4/c1-9(2)4-6(16)15(7(17)5-9)10(3,8(18)19)11(12,13)14/h4-5H2,1-3H3,(H,18,19). The van der Waals surface area contributed by atoms with Crippen LogP contribution in [-0.4, -0.2) is 39.5 Å². The number of hydrogen-bond donors (Lipinski definition) is 1. The Bertz CT molecular complexity index is 424. The average Bonchev–Trinajstić information content (AvgIpc) is 2.11. The Morgan fingerprint density at radius 2 is 1.58 bits per heavy atom. The van der Waals surface area contributed by atoms with Crippen molar-refractivity contribution in [2.24, 2.45) is 5.41 Å². The van der Waals surface area contributed by atoms with E-state index in [1.54, 1.807) is 13.8 Å². The highest BCUT2D eigenvalue weighted by Crippen LogP contribution is 2.41. The van der Waals surface area contributed by atoms with Crippen molar-refractivity contribution in [1.29, 1.82) is 0 Å². The van der Waals surface area contributed by atoms with Gasteiger partial charge in [0.15, 0.2) is 0 Å². The number of carbonyl (C=O) groups excluding carboxylic acids is 2. The summed E-state index contributed by atoms with van der Waals surface area (Å²) in [6.07, 6.45) is -5.86. The van der Waals surface area contributed by atoms with Crippen LogP contribution in [0.15, 0.2) is 0 Å². The van der Waals surface area contributed by atoms with E-state index in [0.29, 0.717) is 6.92 Å². The van der Waals surface area contributed by atoms with Crippen LogP contribution >= 0.6 is 0 Å². The van der Waals surface area contributed by atoms with E-state index in [0.717, 1.165) is 0 Å². The molecule has 0 radical (unpaired) electrons. The second-order valence-corrected chi connectivity index (χ2v) is 5.52. The fourth-order valence-corrected chi connectivity index (χ4v) is 2.02. The van der Waals surface area contributed by atoms with Crippen LogP contribution in [0.5, 0.6) is 0 Å². The molecule has 1 N–H and O–H groups in total. The largest absolute Gasteiger partial charge is 0.479 e. The number of amides is 2. The van der Waals surface area contributed by atoms with Crippen molar-refractivity contribution in [3.63, 3.8) is 0 Å². The Balaban J connectivity index is 3.30. The predicted octanol–water partition coefficient (Wildman–Crippen LogP) is 1.57. The Labute approximate surface area is 107 Å². The number of rotatable bonds is 2. The number of piperidine rings is 1. The van der Waals surface area contributed by atoms with Crippen LogP contribution in [0.4, 0.5) is 13.2 Å². The molecule has 8 heteroatoms. The molecule has 0 aromatic heterocycles. The highest BCUT2D eigenvalue weighted by Gasteiger charge is 2.65. The number of alkyl halides is 3. The fourth-order valence-electron chi connectivity index (χ4n) is 2.02. The average molecular weight is 281 g/mol. The lowest BCUT2D eigenvalue weighted by atomic mass is 9.80. The molecule has 1 fully saturated rings. The smallest absolute Gasteiger partial charge is 0.422 e. The van der Waals surface area contributed by atoms with E-state index in [-0.39, 0.29) is 17.7 Å². The van der Waals surface area contributed by atoms with Gasteiger partial charge in [-0.05, 0) is 12.3 Å². The molecule has 5 nitrogen and oxygen atoms in total. The lowest BCUT2D eigenvalue weighted by molar-refractivity contribution is -0.235. The number of likely N-dealkylation sites (tertiary alicyclic amines) is 1. The lowest BCUT2D eigenvalue weighted by Gasteiger charge is -2.43. The first kappa shape index (κ1) is 15.5. The Morgan fingerprint density at radius 3 is 1.84 bits per heavy atom. The van der Waals surface area contributed by atoms with Crippen LogP contribution in [0, 0.1) is 5.41 Å². The zero-order valence-corrected chi connectivity index (χ0v) is 10.7. The first-order valence-corrected chi connectivity index (χ1v) is 5.49. The fraction of sp³-hybridized carbons (Fsp3) is 0.727. The molecule has 0 bridgehead atoms. The molecule has 0 aromatic rings. The van der Waals surface area contributed by atoms with Gasteiger partial charge in [-0.1, -0.05) is 13.8 Å². The highest BCUT2D eigenvalue weighted by atomic mass is 19.4. The van der Waals surface area contributed by atoms with Gasteiger partial charge in [0, 0.05) is 12.8 Å². The Kier molecular flexibility index (Phi) is 3.42. The third kappa shape index (κ3) is 2.43. The van der Waals surface area contributed by atoms with Crippen molar-refractivity contribution in [3.8, 4) is 0 Å². The van der Waals surface area contributed by atoms with Gasteiger partial charge in [-0.3, -0.25) is 14.5 Å². The van der Waals surface area contributed by atoms with Crippen molar-refractivity contribution in [2.75, 3.05) is 0 Å². The molecule has 2 amide bonds. The van der Waals surface area contributed by atoms with Crippen LogP contribution in [0.3, 0.4) is 0 Å². The van der Waals surface area contributed by atoms with Crippen LogP contribution in [0.25, 0.3) is 0 Å². The summed E-state index contributed by atoms with van der Waals surface area (Å²) in [5.74, 6) is -4.52. The zero-order valence-electron chi connectivity index (χ0n) is 10.7. The van der Waals surface area contributed by atoms with E-state index >= 15 is 0 Å². The number of nitrogens with zero attached hydrogens (tertiary/aromatic N) is 1. The number of carbonyl (C=O) groups is 3. The summed E-state index contributed by atoms with van der Waals surface area (Å²) < 4.78 is 38.9. The first-order valence-electron chi connectivity index (χ1n) is 5.49. The molecule has 0 spiro atoms. The summed E-state index contributed by atoms with van der Waals surface area (Å²) >= 11 is 0. The second-order valence-electron chi connectivity index (χ2n) is 5.52. The normalized spacial score (nSPS) is 23.2. The van der Waals surface area contributed by atoms with Crippen molar-refractivity contribution < 1.29 is 32.7 Å². The monoisotopic (exact) mass is 281 g/mol. The molecule has 1 aliphatic heterocycles. The van der Waals surface area contributed by atoms with E-state index in [2.05, 4.69) is 0 Å². The molecule has 0 saturated carbocycles. The molecular weight excluding hydrogens is 267 g/mol.